The molecule has 118 valence electrons. The summed E-state index contributed by atoms with van der Waals surface area (Å²) >= 11 is 1.44. The molecule has 0 spiro atoms. The molecule has 0 aromatic carbocycles. The first-order chi connectivity index (χ1) is 10.5. The Morgan fingerprint density at radius 3 is 2.82 bits per heavy atom. The SMILES string of the molecule is Cc1csc(N/C=C(/C#N)C(=O)N(C)C2CCN(C)CC2)n1. The lowest BCUT2D eigenvalue weighted by Gasteiger charge is -2.34. The number of amides is 1. The van der Waals surface area contributed by atoms with Gasteiger partial charge in [-0.3, -0.25) is 4.79 Å². The quantitative estimate of drug-likeness (QED) is 0.677. The van der Waals surface area contributed by atoms with Gasteiger partial charge in [0.2, 0.25) is 0 Å². The number of hydrogen-bond donors (Lipinski definition) is 1. The van der Waals surface area contributed by atoms with Gasteiger partial charge in [0, 0.05) is 24.7 Å². The Bertz CT molecular complexity index is 595. The molecule has 1 fully saturated rings. The summed E-state index contributed by atoms with van der Waals surface area (Å²) < 4.78 is 0. The van der Waals surface area contributed by atoms with E-state index < -0.39 is 0 Å². The molecule has 1 N–H and O–H groups in total. The summed E-state index contributed by atoms with van der Waals surface area (Å²) in [6.07, 6.45) is 3.33. The lowest BCUT2D eigenvalue weighted by Crippen LogP contribution is -2.44. The molecule has 22 heavy (non-hydrogen) atoms. The van der Waals surface area contributed by atoms with Gasteiger partial charge in [0.25, 0.3) is 5.91 Å². The standard InChI is InChI=1S/C15H21N5OS/c1-11-10-22-15(18-11)17-9-12(8-16)14(21)20(3)13-4-6-19(2)7-5-13/h9-10,13H,4-7H2,1-3H3,(H,17,18)/b12-9-. The fraction of sp³-hybridized carbons (Fsp3) is 0.533. The van der Waals surface area contributed by atoms with Crippen LogP contribution in [-0.2, 0) is 4.79 Å². The minimum atomic E-state index is -0.238. The molecular weight excluding hydrogens is 298 g/mol. The fourth-order valence-electron chi connectivity index (χ4n) is 2.43. The van der Waals surface area contributed by atoms with Crippen molar-refractivity contribution >= 4 is 22.4 Å². The highest BCUT2D eigenvalue weighted by atomic mass is 32.1. The molecule has 1 saturated heterocycles. The Morgan fingerprint density at radius 2 is 2.27 bits per heavy atom. The predicted octanol–water partition coefficient (Wildman–Crippen LogP) is 1.82. The lowest BCUT2D eigenvalue weighted by atomic mass is 10.0. The number of likely N-dealkylation sites (N-methyl/N-ethyl adjacent to an activating group) is 1. The number of aromatic nitrogens is 1. The van der Waals surface area contributed by atoms with Gasteiger partial charge >= 0.3 is 0 Å². The van der Waals surface area contributed by atoms with Crippen molar-refractivity contribution in [2.24, 2.45) is 0 Å². The summed E-state index contributed by atoms with van der Waals surface area (Å²) in [5, 5.41) is 14.8. The van der Waals surface area contributed by atoms with Crippen molar-refractivity contribution in [3.05, 3.63) is 22.8 Å². The third-order valence-corrected chi connectivity index (χ3v) is 4.76. The number of nitriles is 1. The molecule has 1 aromatic rings. The molecule has 6 nitrogen and oxygen atoms in total. The number of anilines is 1. The van der Waals surface area contributed by atoms with Crippen LogP contribution in [0.1, 0.15) is 18.5 Å². The van der Waals surface area contributed by atoms with Crippen molar-refractivity contribution in [3.63, 3.8) is 0 Å². The van der Waals surface area contributed by atoms with Crippen LogP contribution >= 0.6 is 11.3 Å². The second kappa shape index (κ2) is 7.38. The fourth-order valence-corrected chi connectivity index (χ4v) is 3.09. The topological polar surface area (TPSA) is 72.3 Å². The molecule has 2 rings (SSSR count). The molecule has 0 unspecified atom stereocenters. The van der Waals surface area contributed by atoms with E-state index in [4.69, 9.17) is 0 Å². The number of likely N-dealkylation sites (tertiary alicyclic amines) is 1. The van der Waals surface area contributed by atoms with E-state index in [2.05, 4.69) is 22.2 Å². The molecule has 0 saturated carbocycles. The molecular formula is C15H21N5OS. The molecule has 0 atom stereocenters. The summed E-state index contributed by atoms with van der Waals surface area (Å²) in [5.74, 6) is -0.238. The summed E-state index contributed by atoms with van der Waals surface area (Å²) in [4.78, 5) is 20.6. The largest absolute Gasteiger partial charge is 0.338 e. The smallest absolute Gasteiger partial charge is 0.266 e. The van der Waals surface area contributed by atoms with Crippen molar-refractivity contribution in [2.75, 3.05) is 32.5 Å². The van der Waals surface area contributed by atoms with E-state index in [1.807, 2.05) is 18.4 Å². The van der Waals surface area contributed by atoms with Crippen LogP contribution < -0.4 is 5.32 Å². The van der Waals surface area contributed by atoms with Gasteiger partial charge in [-0.1, -0.05) is 0 Å². The summed E-state index contributed by atoms with van der Waals surface area (Å²) in [5.41, 5.74) is 1.02. The molecule has 1 amide bonds. The van der Waals surface area contributed by atoms with E-state index in [9.17, 15) is 10.1 Å². The predicted molar refractivity (Wildman–Crippen MR) is 87.5 cm³/mol. The normalized spacial score (nSPS) is 17.1. The highest BCUT2D eigenvalue weighted by Crippen LogP contribution is 2.17. The zero-order valence-electron chi connectivity index (χ0n) is 13.2. The second-order valence-corrected chi connectivity index (χ2v) is 6.42. The number of rotatable bonds is 4. The van der Waals surface area contributed by atoms with Crippen LogP contribution in [0, 0.1) is 18.3 Å². The zero-order valence-corrected chi connectivity index (χ0v) is 14.0. The summed E-state index contributed by atoms with van der Waals surface area (Å²) in [6.45, 7) is 3.85. The van der Waals surface area contributed by atoms with Crippen molar-refractivity contribution in [1.29, 1.82) is 5.26 Å². The van der Waals surface area contributed by atoms with Crippen molar-refractivity contribution in [1.82, 2.24) is 14.8 Å². The maximum absolute atomic E-state index is 12.4. The minimum absolute atomic E-state index is 0.106. The first kappa shape index (κ1) is 16.5. The van der Waals surface area contributed by atoms with Crippen LogP contribution in [-0.4, -0.2) is 53.9 Å². The van der Waals surface area contributed by atoms with Gasteiger partial charge in [0.05, 0.1) is 5.69 Å². The van der Waals surface area contributed by atoms with Crippen LogP contribution in [0.4, 0.5) is 5.13 Å². The third-order valence-electron chi connectivity index (χ3n) is 3.87. The van der Waals surface area contributed by atoms with Gasteiger partial charge < -0.3 is 15.1 Å². The van der Waals surface area contributed by atoms with Crippen molar-refractivity contribution in [2.45, 2.75) is 25.8 Å². The molecule has 1 aromatic heterocycles. The van der Waals surface area contributed by atoms with E-state index >= 15 is 0 Å². The van der Waals surface area contributed by atoms with Gasteiger partial charge in [-0.25, -0.2) is 4.98 Å². The highest BCUT2D eigenvalue weighted by Gasteiger charge is 2.25. The minimum Gasteiger partial charge on any atom is -0.338 e. The van der Waals surface area contributed by atoms with Crippen LogP contribution in [0.3, 0.4) is 0 Å². The Kier molecular flexibility index (Phi) is 5.52. The molecule has 0 aliphatic carbocycles. The summed E-state index contributed by atoms with van der Waals surface area (Å²) in [6, 6.07) is 2.18. The monoisotopic (exact) mass is 319 g/mol. The molecule has 0 bridgehead atoms. The van der Waals surface area contributed by atoms with E-state index in [1.165, 1.54) is 17.5 Å². The Morgan fingerprint density at radius 1 is 1.59 bits per heavy atom. The number of thiazole rings is 1. The Hall–Kier alpha value is -1.91. The van der Waals surface area contributed by atoms with Gasteiger partial charge in [0.15, 0.2) is 5.13 Å². The average molecular weight is 319 g/mol. The van der Waals surface area contributed by atoms with Crippen molar-refractivity contribution < 1.29 is 4.79 Å². The van der Waals surface area contributed by atoms with Gasteiger partial charge in [-0.05, 0) is 39.9 Å². The van der Waals surface area contributed by atoms with Crippen LogP contribution in [0.5, 0.6) is 0 Å². The van der Waals surface area contributed by atoms with Crippen LogP contribution in [0.2, 0.25) is 0 Å². The Balaban J connectivity index is 2.00. The number of piperidine rings is 1. The van der Waals surface area contributed by atoms with Crippen molar-refractivity contribution in [3.8, 4) is 6.07 Å². The second-order valence-electron chi connectivity index (χ2n) is 5.56. The van der Waals surface area contributed by atoms with E-state index in [0.29, 0.717) is 5.13 Å². The van der Waals surface area contributed by atoms with E-state index in [1.54, 1.807) is 11.9 Å². The number of nitrogens with one attached hydrogen (secondary N) is 1. The van der Waals surface area contributed by atoms with E-state index in [-0.39, 0.29) is 17.5 Å². The molecule has 7 heteroatoms. The zero-order chi connectivity index (χ0) is 16.1. The van der Waals surface area contributed by atoms with Gasteiger partial charge in [0.1, 0.15) is 11.6 Å². The molecule has 0 radical (unpaired) electrons. The maximum atomic E-state index is 12.4. The van der Waals surface area contributed by atoms with Gasteiger partial charge in [-0.2, -0.15) is 5.26 Å². The molecule has 2 heterocycles. The number of hydrogen-bond acceptors (Lipinski definition) is 6. The third kappa shape index (κ3) is 4.06. The maximum Gasteiger partial charge on any atom is 0.266 e. The highest BCUT2D eigenvalue weighted by molar-refractivity contribution is 7.13. The molecule has 1 aliphatic rings. The van der Waals surface area contributed by atoms with Crippen LogP contribution in [0.25, 0.3) is 0 Å². The lowest BCUT2D eigenvalue weighted by molar-refractivity contribution is -0.128. The van der Waals surface area contributed by atoms with Gasteiger partial charge in [-0.15, -0.1) is 11.3 Å². The number of carbonyl (C=O) groups excluding carboxylic acids is 1. The average Bonchev–Trinajstić information content (AvgIpc) is 2.93. The first-order valence-electron chi connectivity index (χ1n) is 7.26. The summed E-state index contributed by atoms with van der Waals surface area (Å²) in [7, 11) is 3.86. The van der Waals surface area contributed by atoms with Crippen LogP contribution in [0.15, 0.2) is 17.2 Å². The van der Waals surface area contributed by atoms with E-state index in [0.717, 1.165) is 31.6 Å². The number of aryl methyl sites for hydroxylation is 1. The Labute approximate surface area is 135 Å². The number of carbonyl (C=O) groups is 1. The number of nitrogens with zero attached hydrogens (tertiary/aromatic N) is 4. The first-order valence-corrected chi connectivity index (χ1v) is 8.14. The molecule has 1 aliphatic heterocycles.